The first-order chi connectivity index (χ1) is 12.1. The smallest absolute Gasteiger partial charge is 0.275 e. The molecule has 1 aromatic carbocycles. The highest BCUT2D eigenvalue weighted by atomic mass is 35.5. The summed E-state index contributed by atoms with van der Waals surface area (Å²) in [5, 5.41) is 8.72. The Morgan fingerprint density at radius 3 is 2.88 bits per heavy atom. The van der Waals surface area contributed by atoms with Crippen LogP contribution in [0, 0.1) is 0 Å². The Kier molecular flexibility index (Phi) is 5.64. The van der Waals surface area contributed by atoms with E-state index in [-0.39, 0.29) is 11.9 Å². The normalized spacial score (nSPS) is 25.9. The highest BCUT2D eigenvalue weighted by Gasteiger charge is 2.37. The van der Waals surface area contributed by atoms with Gasteiger partial charge in [-0.2, -0.15) is 5.10 Å². The zero-order chi connectivity index (χ0) is 18.0. The van der Waals surface area contributed by atoms with Gasteiger partial charge in [0.25, 0.3) is 5.91 Å². The molecule has 5 nitrogen and oxygen atoms in total. The van der Waals surface area contributed by atoms with Crippen molar-refractivity contribution >= 4 is 28.4 Å². The van der Waals surface area contributed by atoms with Crippen LogP contribution >= 0.6 is 11.6 Å². The van der Waals surface area contributed by atoms with Gasteiger partial charge in [0.15, 0.2) is 5.69 Å². The van der Waals surface area contributed by atoms with Gasteiger partial charge in [0.1, 0.15) is 0 Å². The third kappa shape index (κ3) is 3.53. The van der Waals surface area contributed by atoms with E-state index in [0.717, 1.165) is 37.0 Å². The van der Waals surface area contributed by atoms with Gasteiger partial charge in [-0.15, -0.1) is 0 Å². The van der Waals surface area contributed by atoms with Crippen LogP contribution < -0.4 is 0 Å². The fourth-order valence-corrected chi connectivity index (χ4v) is 4.23. The second-order valence-corrected chi connectivity index (χ2v) is 7.17. The lowest BCUT2D eigenvalue weighted by Gasteiger charge is -2.44. The lowest BCUT2D eigenvalue weighted by Crippen LogP contribution is -2.58. The van der Waals surface area contributed by atoms with Gasteiger partial charge in [-0.25, -0.2) is 0 Å². The van der Waals surface area contributed by atoms with Crippen LogP contribution in [-0.2, 0) is 0 Å². The van der Waals surface area contributed by atoms with E-state index >= 15 is 0 Å². The molecular formula is C19H27ClN4O. The van der Waals surface area contributed by atoms with E-state index in [0.29, 0.717) is 16.8 Å². The first kappa shape index (κ1) is 18.2. The Morgan fingerprint density at radius 2 is 2.08 bits per heavy atom. The number of aromatic amines is 1. The highest BCUT2D eigenvalue weighted by molar-refractivity contribution is 6.31. The summed E-state index contributed by atoms with van der Waals surface area (Å²) in [6.45, 7) is 9.25. The number of halogens is 1. The standard InChI is InChI=1S/C17H21ClN4O.C2H6/c1-11-9-21-7-3-2-4-13(10-21)22(11)17(23)16-14-6-5-12(18)8-15(14)19-20-16;1-2/h5-6,8,11,13H,2-4,7,9-10H2,1H3,(H,19,20);1-2H3/t11?,13-;/m0./s1. The van der Waals surface area contributed by atoms with Crippen molar-refractivity contribution < 1.29 is 4.79 Å². The fourth-order valence-electron chi connectivity index (χ4n) is 4.05. The number of carbonyl (C=O) groups excluding carboxylic acids is 1. The summed E-state index contributed by atoms with van der Waals surface area (Å²) in [5.41, 5.74) is 1.33. The minimum absolute atomic E-state index is 0.0395. The number of rotatable bonds is 1. The van der Waals surface area contributed by atoms with Crippen molar-refractivity contribution in [2.75, 3.05) is 19.6 Å². The van der Waals surface area contributed by atoms with Crippen LogP contribution in [-0.4, -0.2) is 57.6 Å². The largest absolute Gasteiger partial charge is 0.329 e. The van der Waals surface area contributed by atoms with Crippen molar-refractivity contribution in [3.63, 3.8) is 0 Å². The van der Waals surface area contributed by atoms with E-state index in [9.17, 15) is 4.79 Å². The molecule has 2 aliphatic heterocycles. The van der Waals surface area contributed by atoms with Crippen LogP contribution in [0.5, 0.6) is 0 Å². The molecule has 25 heavy (non-hydrogen) atoms. The minimum Gasteiger partial charge on any atom is -0.329 e. The molecular weight excluding hydrogens is 336 g/mol. The van der Waals surface area contributed by atoms with Crippen molar-refractivity contribution in [2.24, 2.45) is 0 Å². The monoisotopic (exact) mass is 362 g/mol. The number of H-pyrrole nitrogens is 1. The van der Waals surface area contributed by atoms with Crippen LogP contribution in [0.3, 0.4) is 0 Å². The molecule has 3 atom stereocenters. The second kappa shape index (κ2) is 7.75. The predicted octanol–water partition coefficient (Wildman–Crippen LogP) is 3.94. The highest BCUT2D eigenvalue weighted by Crippen LogP contribution is 2.28. The van der Waals surface area contributed by atoms with E-state index in [1.165, 1.54) is 12.8 Å². The van der Waals surface area contributed by atoms with Crippen LogP contribution in [0.1, 0.15) is 50.5 Å². The van der Waals surface area contributed by atoms with Crippen LogP contribution in [0.25, 0.3) is 10.9 Å². The number of nitrogens with zero attached hydrogens (tertiary/aromatic N) is 3. The Bertz CT molecular complexity index is 744. The Hall–Kier alpha value is -1.59. The number of fused-ring (bicyclic) bond motifs is 3. The number of piperazine rings is 1. The van der Waals surface area contributed by atoms with Gasteiger partial charge in [-0.3, -0.25) is 14.8 Å². The summed E-state index contributed by atoms with van der Waals surface area (Å²) in [7, 11) is 0. The van der Waals surface area contributed by atoms with Crippen molar-refractivity contribution in [1.29, 1.82) is 0 Å². The first-order valence-corrected chi connectivity index (χ1v) is 9.70. The van der Waals surface area contributed by atoms with Crippen LogP contribution in [0.2, 0.25) is 5.02 Å². The molecule has 4 rings (SSSR count). The molecule has 0 spiro atoms. The predicted molar refractivity (Wildman–Crippen MR) is 102 cm³/mol. The maximum atomic E-state index is 13.2. The Labute approximate surface area is 154 Å². The molecule has 2 unspecified atom stereocenters. The summed E-state index contributed by atoms with van der Waals surface area (Å²) in [4.78, 5) is 17.7. The molecule has 0 aliphatic carbocycles. The van der Waals surface area contributed by atoms with E-state index in [1.807, 2.05) is 32.0 Å². The third-order valence-corrected chi connectivity index (χ3v) is 5.32. The lowest BCUT2D eigenvalue weighted by atomic mass is 10.0. The van der Waals surface area contributed by atoms with E-state index in [1.54, 1.807) is 0 Å². The molecule has 1 amide bonds. The van der Waals surface area contributed by atoms with Gasteiger partial charge < -0.3 is 4.90 Å². The average Bonchev–Trinajstić information content (AvgIpc) is 2.93. The molecule has 2 bridgehead atoms. The van der Waals surface area contributed by atoms with Crippen molar-refractivity contribution in [3.05, 3.63) is 28.9 Å². The summed E-state index contributed by atoms with van der Waals surface area (Å²) >= 11 is 6.02. The van der Waals surface area contributed by atoms with Gasteiger partial charge in [-0.1, -0.05) is 31.9 Å². The van der Waals surface area contributed by atoms with Crippen LogP contribution in [0.4, 0.5) is 0 Å². The summed E-state index contributed by atoms with van der Waals surface area (Å²) in [6, 6.07) is 6.02. The molecule has 2 fully saturated rings. The van der Waals surface area contributed by atoms with Gasteiger partial charge in [0.05, 0.1) is 5.52 Å². The summed E-state index contributed by atoms with van der Waals surface area (Å²) in [5.74, 6) is 0.0395. The number of hydrogen-bond donors (Lipinski definition) is 1. The number of aromatic nitrogens is 2. The zero-order valence-electron chi connectivity index (χ0n) is 15.3. The Morgan fingerprint density at radius 1 is 1.28 bits per heavy atom. The first-order valence-electron chi connectivity index (χ1n) is 9.32. The SMILES string of the molecule is CC.CC1CN2CCCC[C@@H](C2)N1C(=O)c1n[nH]c2cc(Cl)ccc12. The lowest BCUT2D eigenvalue weighted by molar-refractivity contribution is 0.0280. The van der Waals surface area contributed by atoms with Crippen molar-refractivity contribution in [2.45, 2.75) is 52.1 Å². The number of carbonyl (C=O) groups is 1. The molecule has 2 saturated heterocycles. The second-order valence-electron chi connectivity index (χ2n) is 6.73. The van der Waals surface area contributed by atoms with Crippen molar-refractivity contribution in [3.8, 4) is 0 Å². The molecule has 136 valence electrons. The molecule has 1 aromatic heterocycles. The van der Waals surface area contributed by atoms with E-state index in [4.69, 9.17) is 11.6 Å². The molecule has 1 N–H and O–H groups in total. The fraction of sp³-hybridized carbons (Fsp3) is 0.579. The minimum atomic E-state index is 0.0395. The van der Waals surface area contributed by atoms with Gasteiger partial charge >= 0.3 is 0 Å². The summed E-state index contributed by atoms with van der Waals surface area (Å²) in [6.07, 6.45) is 3.50. The molecule has 2 aliphatic rings. The van der Waals surface area contributed by atoms with E-state index in [2.05, 4.69) is 26.9 Å². The Balaban J connectivity index is 0.000000880. The molecule has 2 aromatic rings. The van der Waals surface area contributed by atoms with Gasteiger partial charge in [0, 0.05) is 35.6 Å². The maximum absolute atomic E-state index is 13.2. The average molecular weight is 363 g/mol. The van der Waals surface area contributed by atoms with Gasteiger partial charge in [-0.05, 0) is 44.5 Å². The summed E-state index contributed by atoms with van der Waals surface area (Å²) < 4.78 is 0. The molecule has 0 radical (unpaired) electrons. The number of benzene rings is 1. The quantitative estimate of drug-likeness (QED) is 0.835. The van der Waals surface area contributed by atoms with Crippen LogP contribution in [0.15, 0.2) is 18.2 Å². The number of nitrogens with one attached hydrogen (secondary N) is 1. The topological polar surface area (TPSA) is 52.2 Å². The van der Waals surface area contributed by atoms with E-state index < -0.39 is 0 Å². The third-order valence-electron chi connectivity index (χ3n) is 5.08. The molecule has 3 heterocycles. The van der Waals surface area contributed by atoms with Gasteiger partial charge in [0.2, 0.25) is 0 Å². The number of hydrogen-bond acceptors (Lipinski definition) is 3. The molecule has 0 saturated carbocycles. The molecule has 6 heteroatoms. The number of amides is 1. The van der Waals surface area contributed by atoms with Crippen molar-refractivity contribution in [1.82, 2.24) is 20.0 Å². The maximum Gasteiger partial charge on any atom is 0.275 e. The zero-order valence-corrected chi connectivity index (χ0v) is 16.0.